The van der Waals surface area contributed by atoms with E-state index in [4.69, 9.17) is 11.6 Å². The van der Waals surface area contributed by atoms with Crippen molar-refractivity contribution in [1.82, 2.24) is 20.5 Å². The van der Waals surface area contributed by atoms with Crippen LogP contribution in [-0.2, 0) is 11.3 Å². The number of carbonyl (C=O) groups is 1. The zero-order chi connectivity index (χ0) is 21.1. The van der Waals surface area contributed by atoms with Gasteiger partial charge >= 0.3 is 0 Å². The van der Waals surface area contributed by atoms with E-state index in [-0.39, 0.29) is 11.8 Å². The van der Waals surface area contributed by atoms with Crippen LogP contribution in [0.1, 0.15) is 29.1 Å². The van der Waals surface area contributed by atoms with Gasteiger partial charge in [0, 0.05) is 23.5 Å². The van der Waals surface area contributed by atoms with E-state index in [0.717, 1.165) is 52.0 Å². The number of rotatable bonds is 5. The molecule has 1 unspecified atom stereocenters. The summed E-state index contributed by atoms with van der Waals surface area (Å²) in [5, 5.41) is 13.1. The predicted octanol–water partition coefficient (Wildman–Crippen LogP) is 4.40. The molecule has 0 saturated carbocycles. The monoisotopic (exact) mass is 441 g/mol. The molecule has 30 heavy (non-hydrogen) atoms. The Bertz CT molecular complexity index is 1040. The van der Waals surface area contributed by atoms with Crippen molar-refractivity contribution in [2.24, 2.45) is 5.92 Å². The molecular formula is C22H24ClN5OS. The van der Waals surface area contributed by atoms with Crippen LogP contribution in [0.25, 0.3) is 10.6 Å². The van der Waals surface area contributed by atoms with E-state index in [2.05, 4.69) is 25.4 Å². The van der Waals surface area contributed by atoms with Crippen LogP contribution in [-0.4, -0.2) is 34.2 Å². The second-order valence-corrected chi connectivity index (χ2v) is 9.03. The van der Waals surface area contributed by atoms with Gasteiger partial charge in [-0.1, -0.05) is 29.8 Å². The third-order valence-corrected chi connectivity index (χ3v) is 6.84. The minimum absolute atomic E-state index is 0.0573. The normalized spacial score (nSPS) is 16.5. The molecular weight excluding hydrogens is 418 g/mol. The molecule has 8 heteroatoms. The Kier molecular flexibility index (Phi) is 6.29. The third-order valence-electron chi connectivity index (χ3n) is 5.32. The molecule has 3 heterocycles. The van der Waals surface area contributed by atoms with Crippen LogP contribution in [0.3, 0.4) is 0 Å². The fraction of sp³-hybridized carbons (Fsp3) is 0.364. The fourth-order valence-electron chi connectivity index (χ4n) is 3.61. The highest BCUT2D eigenvalue weighted by Gasteiger charge is 2.27. The SMILES string of the molecule is Cc1ccc(N2CCCC(C(=O)NCc3sc(-c4ccccc4Cl)nc3C)C2)nn1. The molecule has 1 aromatic carbocycles. The van der Waals surface area contributed by atoms with Crippen molar-refractivity contribution < 1.29 is 4.79 Å². The first-order valence-corrected chi connectivity index (χ1v) is 11.2. The number of halogens is 1. The van der Waals surface area contributed by atoms with E-state index in [1.807, 2.05) is 50.2 Å². The summed E-state index contributed by atoms with van der Waals surface area (Å²) < 4.78 is 0. The quantitative estimate of drug-likeness (QED) is 0.635. The summed E-state index contributed by atoms with van der Waals surface area (Å²) >= 11 is 7.88. The molecule has 0 spiro atoms. The van der Waals surface area contributed by atoms with Crippen LogP contribution in [0.4, 0.5) is 5.82 Å². The number of anilines is 1. The topological polar surface area (TPSA) is 71.0 Å². The molecule has 1 aliphatic rings. The summed E-state index contributed by atoms with van der Waals surface area (Å²) in [6.07, 6.45) is 1.85. The average molecular weight is 442 g/mol. The Hall–Kier alpha value is -2.51. The van der Waals surface area contributed by atoms with Crippen LogP contribution in [0, 0.1) is 19.8 Å². The van der Waals surface area contributed by atoms with Crippen molar-refractivity contribution >= 4 is 34.7 Å². The molecule has 1 aliphatic heterocycles. The highest BCUT2D eigenvalue weighted by molar-refractivity contribution is 7.15. The van der Waals surface area contributed by atoms with Gasteiger partial charge < -0.3 is 10.2 Å². The smallest absolute Gasteiger partial charge is 0.225 e. The van der Waals surface area contributed by atoms with Crippen LogP contribution in [0.2, 0.25) is 5.02 Å². The van der Waals surface area contributed by atoms with Crippen LogP contribution in [0.5, 0.6) is 0 Å². The summed E-state index contributed by atoms with van der Waals surface area (Å²) in [4.78, 5) is 20.7. The third kappa shape index (κ3) is 4.63. The Labute approximate surface area is 185 Å². The molecule has 0 radical (unpaired) electrons. The van der Waals surface area contributed by atoms with Gasteiger partial charge in [-0.3, -0.25) is 4.79 Å². The van der Waals surface area contributed by atoms with E-state index in [1.54, 1.807) is 11.3 Å². The second-order valence-electron chi connectivity index (χ2n) is 7.54. The predicted molar refractivity (Wildman–Crippen MR) is 121 cm³/mol. The summed E-state index contributed by atoms with van der Waals surface area (Å²) in [5.74, 6) is 0.853. The van der Waals surface area contributed by atoms with Crippen molar-refractivity contribution in [3.05, 3.63) is 57.7 Å². The molecule has 156 valence electrons. The maximum absolute atomic E-state index is 12.8. The van der Waals surface area contributed by atoms with Gasteiger partial charge in [-0.25, -0.2) is 4.98 Å². The molecule has 1 saturated heterocycles. The van der Waals surface area contributed by atoms with E-state index >= 15 is 0 Å². The number of thiazole rings is 1. The first-order valence-electron chi connectivity index (χ1n) is 10.1. The van der Waals surface area contributed by atoms with Crippen molar-refractivity contribution in [3.63, 3.8) is 0 Å². The molecule has 1 fully saturated rings. The minimum Gasteiger partial charge on any atom is -0.354 e. The number of nitrogens with zero attached hydrogens (tertiary/aromatic N) is 4. The Morgan fingerprint density at radius 2 is 2.07 bits per heavy atom. The molecule has 0 aliphatic carbocycles. The number of nitrogens with one attached hydrogen (secondary N) is 1. The van der Waals surface area contributed by atoms with Gasteiger partial charge in [0.05, 0.1) is 28.9 Å². The highest BCUT2D eigenvalue weighted by atomic mass is 35.5. The van der Waals surface area contributed by atoms with E-state index in [9.17, 15) is 4.79 Å². The number of hydrogen-bond donors (Lipinski definition) is 1. The number of carbonyl (C=O) groups excluding carboxylic acids is 1. The average Bonchev–Trinajstić information content (AvgIpc) is 3.13. The minimum atomic E-state index is -0.0573. The summed E-state index contributed by atoms with van der Waals surface area (Å²) in [7, 11) is 0. The van der Waals surface area contributed by atoms with Gasteiger partial charge in [0.25, 0.3) is 0 Å². The number of aromatic nitrogens is 3. The molecule has 4 rings (SSSR count). The highest BCUT2D eigenvalue weighted by Crippen LogP contribution is 2.32. The van der Waals surface area contributed by atoms with Gasteiger partial charge in [-0.15, -0.1) is 16.4 Å². The second kappa shape index (κ2) is 9.10. The molecule has 1 amide bonds. The summed E-state index contributed by atoms with van der Waals surface area (Å²) in [6, 6.07) is 11.6. The van der Waals surface area contributed by atoms with Crippen molar-refractivity contribution in [2.75, 3.05) is 18.0 Å². The maximum Gasteiger partial charge on any atom is 0.225 e. The largest absolute Gasteiger partial charge is 0.354 e. The van der Waals surface area contributed by atoms with Gasteiger partial charge in [0.1, 0.15) is 5.01 Å². The lowest BCUT2D eigenvalue weighted by Gasteiger charge is -2.32. The Balaban J connectivity index is 1.39. The number of piperidine rings is 1. The number of benzene rings is 1. The van der Waals surface area contributed by atoms with E-state index in [1.165, 1.54) is 0 Å². The molecule has 2 aromatic heterocycles. The van der Waals surface area contributed by atoms with Gasteiger partial charge in [-0.2, -0.15) is 5.10 Å². The molecule has 3 aromatic rings. The van der Waals surface area contributed by atoms with Gasteiger partial charge in [-0.05, 0) is 44.9 Å². The van der Waals surface area contributed by atoms with E-state index < -0.39 is 0 Å². The summed E-state index contributed by atoms with van der Waals surface area (Å²) in [5.41, 5.74) is 2.74. The van der Waals surface area contributed by atoms with Crippen LogP contribution in [0.15, 0.2) is 36.4 Å². The molecule has 1 N–H and O–H groups in total. The van der Waals surface area contributed by atoms with Crippen LogP contribution >= 0.6 is 22.9 Å². The first kappa shape index (κ1) is 20.8. The number of aryl methyl sites for hydroxylation is 2. The number of amides is 1. The molecule has 6 nitrogen and oxygen atoms in total. The first-order chi connectivity index (χ1) is 14.5. The summed E-state index contributed by atoms with van der Waals surface area (Å²) in [6.45, 7) is 5.93. The van der Waals surface area contributed by atoms with Crippen molar-refractivity contribution in [1.29, 1.82) is 0 Å². The standard InChI is InChI=1S/C22H24ClN5OS/c1-14-9-10-20(27-26-14)28-11-5-6-16(13-28)21(29)24-12-19-15(2)25-22(30-19)17-7-3-4-8-18(17)23/h3-4,7-10,16H,5-6,11-13H2,1-2H3,(H,24,29). The van der Waals surface area contributed by atoms with Crippen molar-refractivity contribution in [3.8, 4) is 10.6 Å². The number of hydrogen-bond acceptors (Lipinski definition) is 6. The molecule has 1 atom stereocenters. The zero-order valence-electron chi connectivity index (χ0n) is 17.1. The molecule has 0 bridgehead atoms. The van der Waals surface area contributed by atoms with E-state index in [0.29, 0.717) is 18.1 Å². The zero-order valence-corrected chi connectivity index (χ0v) is 18.6. The lowest BCUT2D eigenvalue weighted by Crippen LogP contribution is -2.43. The van der Waals surface area contributed by atoms with Crippen molar-refractivity contribution in [2.45, 2.75) is 33.2 Å². The van der Waals surface area contributed by atoms with Gasteiger partial charge in [0.15, 0.2) is 5.82 Å². The Morgan fingerprint density at radius 3 is 2.83 bits per heavy atom. The van der Waals surface area contributed by atoms with Gasteiger partial charge in [0.2, 0.25) is 5.91 Å². The Morgan fingerprint density at radius 1 is 1.23 bits per heavy atom. The van der Waals surface area contributed by atoms with Crippen LogP contribution < -0.4 is 10.2 Å². The fourth-order valence-corrected chi connectivity index (χ4v) is 4.94. The lowest BCUT2D eigenvalue weighted by atomic mass is 9.97. The lowest BCUT2D eigenvalue weighted by molar-refractivity contribution is -0.125. The maximum atomic E-state index is 12.8.